The predicted octanol–water partition coefficient (Wildman–Crippen LogP) is 4.69. The van der Waals surface area contributed by atoms with Crippen LogP contribution in [0.3, 0.4) is 0 Å². The maximum absolute atomic E-state index is 12.9. The molecule has 0 aliphatic rings. The zero-order valence-corrected chi connectivity index (χ0v) is 18.7. The van der Waals surface area contributed by atoms with Crippen LogP contribution in [-0.4, -0.2) is 61.0 Å². The lowest BCUT2D eigenvalue weighted by molar-refractivity contribution is 0.0783. The second-order valence-electron chi connectivity index (χ2n) is 7.12. The van der Waals surface area contributed by atoms with Crippen molar-refractivity contribution >= 4 is 28.0 Å². The van der Waals surface area contributed by atoms with Crippen LogP contribution >= 0.6 is 11.3 Å². The normalized spacial score (nSPS) is 11.2. The molecule has 0 unspecified atom stereocenters. The summed E-state index contributed by atoms with van der Waals surface area (Å²) in [5, 5.41) is 3.12. The molecular weight excluding hydrogens is 382 g/mol. The number of amides is 1. The van der Waals surface area contributed by atoms with E-state index in [-0.39, 0.29) is 5.91 Å². The van der Waals surface area contributed by atoms with E-state index in [9.17, 15) is 4.79 Å². The third-order valence-corrected chi connectivity index (χ3v) is 6.47. The van der Waals surface area contributed by atoms with Crippen molar-refractivity contribution in [2.75, 3.05) is 40.3 Å². The maximum Gasteiger partial charge on any atom is 0.265 e. The van der Waals surface area contributed by atoms with Crippen LogP contribution in [-0.2, 0) is 0 Å². The number of carbonyl (C=O) groups is 1. The third kappa shape index (κ3) is 4.77. The number of benzene rings is 2. The fourth-order valence-electron chi connectivity index (χ4n) is 3.31. The highest BCUT2D eigenvalue weighted by molar-refractivity contribution is 7.17. The molecule has 0 atom stereocenters. The van der Waals surface area contributed by atoms with Gasteiger partial charge in [0.2, 0.25) is 0 Å². The second-order valence-corrected chi connectivity index (χ2v) is 8.11. The number of aryl methyl sites for hydroxylation is 1. The molecule has 5 nitrogen and oxygen atoms in total. The zero-order chi connectivity index (χ0) is 21.0. The lowest BCUT2D eigenvalue weighted by atomic mass is 10.1. The van der Waals surface area contributed by atoms with Crippen molar-refractivity contribution in [3.8, 4) is 16.3 Å². The Morgan fingerprint density at radius 2 is 1.76 bits per heavy atom. The van der Waals surface area contributed by atoms with Crippen molar-refractivity contribution in [1.29, 1.82) is 0 Å². The average Bonchev–Trinajstić information content (AvgIpc) is 3.14. The van der Waals surface area contributed by atoms with Gasteiger partial charge in [-0.3, -0.25) is 4.79 Å². The molecule has 0 aliphatic carbocycles. The second kappa shape index (κ2) is 9.37. The van der Waals surface area contributed by atoms with Crippen LogP contribution in [0.4, 0.5) is 0 Å². The average molecular weight is 412 g/mol. The van der Waals surface area contributed by atoms with Gasteiger partial charge in [0.25, 0.3) is 5.91 Å². The van der Waals surface area contributed by atoms with Crippen LogP contribution in [0.1, 0.15) is 29.2 Å². The molecule has 0 saturated carbocycles. The molecule has 1 heterocycles. The van der Waals surface area contributed by atoms with Gasteiger partial charge in [-0.25, -0.2) is 4.98 Å². The Balaban J connectivity index is 1.80. The largest absolute Gasteiger partial charge is 0.497 e. The van der Waals surface area contributed by atoms with Crippen molar-refractivity contribution in [2.45, 2.75) is 20.8 Å². The van der Waals surface area contributed by atoms with E-state index in [4.69, 9.17) is 4.74 Å². The number of ether oxygens (including phenoxy) is 1. The van der Waals surface area contributed by atoms with Gasteiger partial charge in [0.05, 0.1) is 12.8 Å². The van der Waals surface area contributed by atoms with Gasteiger partial charge in [-0.15, -0.1) is 11.3 Å². The van der Waals surface area contributed by atoms with Crippen LogP contribution in [0, 0.1) is 6.92 Å². The molecule has 6 heteroatoms. The van der Waals surface area contributed by atoms with Crippen molar-refractivity contribution < 1.29 is 9.53 Å². The first-order valence-corrected chi connectivity index (χ1v) is 10.8. The molecule has 0 radical (unpaired) electrons. The molecule has 0 aliphatic heterocycles. The number of thiazole rings is 1. The van der Waals surface area contributed by atoms with Crippen LogP contribution in [0.5, 0.6) is 5.75 Å². The molecule has 154 valence electrons. The summed E-state index contributed by atoms with van der Waals surface area (Å²) in [5.74, 6) is 0.889. The summed E-state index contributed by atoms with van der Waals surface area (Å²) in [5.41, 5.74) is 1.82. The number of aromatic nitrogens is 1. The molecule has 2 aromatic carbocycles. The Labute approximate surface area is 176 Å². The van der Waals surface area contributed by atoms with Crippen LogP contribution in [0.15, 0.2) is 36.4 Å². The van der Waals surface area contributed by atoms with Gasteiger partial charge >= 0.3 is 0 Å². The fourth-order valence-corrected chi connectivity index (χ4v) is 4.37. The summed E-state index contributed by atoms with van der Waals surface area (Å²) in [6.07, 6.45) is 0. The lowest BCUT2D eigenvalue weighted by Crippen LogP contribution is -2.36. The van der Waals surface area contributed by atoms with Crippen LogP contribution in [0.2, 0.25) is 0 Å². The molecule has 0 fully saturated rings. The van der Waals surface area contributed by atoms with Gasteiger partial charge in [-0.05, 0) is 49.0 Å². The molecule has 0 spiro atoms. The quantitative estimate of drug-likeness (QED) is 0.539. The Hall–Kier alpha value is -2.44. The SMILES string of the molecule is CCN(CC)CCN(C)C(=O)c1sc(-c2ccc3cc(OC)ccc3c2)nc1C. The molecule has 0 bridgehead atoms. The van der Waals surface area contributed by atoms with E-state index in [1.807, 2.05) is 32.2 Å². The minimum Gasteiger partial charge on any atom is -0.497 e. The van der Waals surface area contributed by atoms with Gasteiger partial charge in [0, 0.05) is 25.7 Å². The Kier molecular flexibility index (Phi) is 6.87. The predicted molar refractivity (Wildman–Crippen MR) is 121 cm³/mol. The molecule has 0 saturated heterocycles. The first kappa shape index (κ1) is 21.3. The van der Waals surface area contributed by atoms with E-state index in [2.05, 4.69) is 41.9 Å². The van der Waals surface area contributed by atoms with Crippen molar-refractivity contribution in [2.24, 2.45) is 0 Å². The number of rotatable bonds is 8. The van der Waals surface area contributed by atoms with Gasteiger partial charge in [-0.2, -0.15) is 0 Å². The fraction of sp³-hybridized carbons (Fsp3) is 0.391. The molecule has 3 rings (SSSR count). The summed E-state index contributed by atoms with van der Waals surface area (Å²) in [7, 11) is 3.54. The number of hydrogen-bond donors (Lipinski definition) is 0. The van der Waals surface area contributed by atoms with E-state index in [0.717, 1.165) is 57.3 Å². The Morgan fingerprint density at radius 3 is 2.45 bits per heavy atom. The standard InChI is InChI=1S/C23H29N3O2S/c1-6-26(7-2)13-12-25(4)23(27)21-16(3)24-22(29-21)19-9-8-18-15-20(28-5)11-10-17(18)14-19/h8-11,14-15H,6-7,12-13H2,1-5H3. The van der Waals surface area contributed by atoms with Crippen LogP contribution < -0.4 is 4.74 Å². The molecule has 29 heavy (non-hydrogen) atoms. The van der Waals surface area contributed by atoms with E-state index in [0.29, 0.717) is 6.54 Å². The summed E-state index contributed by atoms with van der Waals surface area (Å²) < 4.78 is 5.30. The van der Waals surface area contributed by atoms with E-state index < -0.39 is 0 Å². The van der Waals surface area contributed by atoms with E-state index >= 15 is 0 Å². The number of nitrogens with zero attached hydrogens (tertiary/aromatic N) is 3. The lowest BCUT2D eigenvalue weighted by Gasteiger charge is -2.22. The van der Waals surface area contributed by atoms with Crippen molar-refractivity contribution in [3.05, 3.63) is 47.0 Å². The number of methoxy groups -OCH3 is 1. The maximum atomic E-state index is 12.9. The van der Waals surface area contributed by atoms with Gasteiger partial charge < -0.3 is 14.5 Å². The summed E-state index contributed by atoms with van der Waals surface area (Å²) in [6, 6.07) is 12.3. The minimum absolute atomic E-state index is 0.0453. The molecule has 1 amide bonds. The van der Waals surface area contributed by atoms with Gasteiger partial charge in [-0.1, -0.05) is 32.0 Å². The minimum atomic E-state index is 0.0453. The number of likely N-dealkylation sites (N-methyl/N-ethyl adjacent to an activating group) is 2. The Bertz CT molecular complexity index is 995. The highest BCUT2D eigenvalue weighted by atomic mass is 32.1. The molecule has 3 aromatic rings. The molecule has 0 N–H and O–H groups in total. The molecule has 1 aromatic heterocycles. The smallest absolute Gasteiger partial charge is 0.265 e. The van der Waals surface area contributed by atoms with E-state index in [1.165, 1.54) is 11.3 Å². The summed E-state index contributed by atoms with van der Waals surface area (Å²) in [6.45, 7) is 9.79. The molecular formula is C23H29N3O2S. The monoisotopic (exact) mass is 411 g/mol. The topological polar surface area (TPSA) is 45.7 Å². The Morgan fingerprint density at radius 1 is 1.07 bits per heavy atom. The van der Waals surface area contributed by atoms with Crippen LogP contribution in [0.25, 0.3) is 21.3 Å². The summed E-state index contributed by atoms with van der Waals surface area (Å²) >= 11 is 1.47. The first-order valence-electron chi connectivity index (χ1n) is 10.00. The number of hydrogen-bond acceptors (Lipinski definition) is 5. The summed E-state index contributed by atoms with van der Waals surface area (Å²) in [4.78, 5) is 22.5. The first-order chi connectivity index (χ1) is 14.0. The number of carbonyl (C=O) groups excluding carboxylic acids is 1. The third-order valence-electron chi connectivity index (χ3n) is 5.28. The highest BCUT2D eigenvalue weighted by Gasteiger charge is 2.20. The number of fused-ring (bicyclic) bond motifs is 1. The van der Waals surface area contributed by atoms with Gasteiger partial charge in [0.1, 0.15) is 15.6 Å². The van der Waals surface area contributed by atoms with Gasteiger partial charge in [0.15, 0.2) is 0 Å². The zero-order valence-electron chi connectivity index (χ0n) is 17.9. The van der Waals surface area contributed by atoms with Crippen molar-refractivity contribution in [1.82, 2.24) is 14.8 Å². The van der Waals surface area contributed by atoms with Crippen molar-refractivity contribution in [3.63, 3.8) is 0 Å². The highest BCUT2D eigenvalue weighted by Crippen LogP contribution is 2.31. The van der Waals surface area contributed by atoms with E-state index in [1.54, 1.807) is 12.0 Å².